The number of likely N-dealkylation sites (N-methyl/N-ethyl adjacent to an activating group) is 1. The summed E-state index contributed by atoms with van der Waals surface area (Å²) in [4.78, 5) is 38.1. The summed E-state index contributed by atoms with van der Waals surface area (Å²) in [5.74, 6) is -0.832. The first-order valence-corrected chi connectivity index (χ1v) is 35.7. The Kier molecular flexibility index (Phi) is 61.2. The van der Waals surface area contributed by atoms with Crippen molar-refractivity contribution in [2.24, 2.45) is 0 Å². The maximum Gasteiger partial charge on any atom is 0.306 e. The average molecular weight is 1190 g/mol. The van der Waals surface area contributed by atoms with Crippen LogP contribution in [-0.4, -0.2) is 70.0 Å². The quantitative estimate of drug-likeness (QED) is 0.0195. The highest BCUT2D eigenvalue weighted by molar-refractivity contribution is 7.45. The SMILES string of the molecule is CC/C=C\C/C=C\C/C=C\C/C=C\C/C=C\C/C=C\CCCCCCCCCCCCCCCCCCC(=O)OC(COC(=O)CCCCCCCCCCCCCC/C=C\C/C=C\C/C=C\C/C=C\CC)COP(=O)([O-])OCC[N+](C)(C)C. The van der Waals surface area contributed by atoms with Crippen LogP contribution in [0, 0.1) is 0 Å². The summed E-state index contributed by atoms with van der Waals surface area (Å²) in [7, 11) is 1.16. The molecule has 0 bridgehead atoms. The highest BCUT2D eigenvalue weighted by Crippen LogP contribution is 2.38. The van der Waals surface area contributed by atoms with Crippen molar-refractivity contribution in [1.82, 2.24) is 0 Å². The van der Waals surface area contributed by atoms with Crippen LogP contribution in [0.1, 0.15) is 284 Å². The van der Waals surface area contributed by atoms with Gasteiger partial charge in [0.1, 0.15) is 19.8 Å². The molecule has 0 saturated heterocycles. The smallest absolute Gasteiger partial charge is 0.306 e. The molecule has 0 N–H and O–H groups in total. The minimum atomic E-state index is -4.65. The van der Waals surface area contributed by atoms with Crippen LogP contribution in [0.25, 0.3) is 0 Å². The summed E-state index contributed by atoms with van der Waals surface area (Å²) in [5.41, 5.74) is 0. The van der Waals surface area contributed by atoms with E-state index < -0.39 is 26.5 Å². The highest BCUT2D eigenvalue weighted by Gasteiger charge is 2.22. The molecular weight excluding hydrogens is 1060 g/mol. The van der Waals surface area contributed by atoms with Gasteiger partial charge >= 0.3 is 11.9 Å². The van der Waals surface area contributed by atoms with Crippen molar-refractivity contribution in [3.8, 4) is 0 Å². The number of nitrogens with zero attached hydrogens (tertiary/aromatic N) is 1. The first-order chi connectivity index (χ1) is 41.0. The number of unbranched alkanes of at least 4 members (excludes halogenated alkanes) is 28. The molecule has 0 aliphatic carbocycles. The number of hydrogen-bond donors (Lipinski definition) is 0. The maximum absolute atomic E-state index is 12.9. The largest absolute Gasteiger partial charge is 0.756 e. The van der Waals surface area contributed by atoms with Crippen molar-refractivity contribution < 1.29 is 42.1 Å². The number of esters is 2. The van der Waals surface area contributed by atoms with Gasteiger partial charge in [0.2, 0.25) is 0 Å². The van der Waals surface area contributed by atoms with Gasteiger partial charge in [0.25, 0.3) is 7.82 Å². The molecule has 10 heteroatoms. The number of rotatable bonds is 62. The fourth-order valence-electron chi connectivity index (χ4n) is 9.30. The lowest BCUT2D eigenvalue weighted by atomic mass is 10.0. The van der Waals surface area contributed by atoms with Crippen LogP contribution in [0.4, 0.5) is 0 Å². The van der Waals surface area contributed by atoms with Crippen molar-refractivity contribution >= 4 is 19.8 Å². The van der Waals surface area contributed by atoms with Gasteiger partial charge in [-0.15, -0.1) is 0 Å². The van der Waals surface area contributed by atoms with Gasteiger partial charge in [0.05, 0.1) is 27.7 Å². The molecule has 0 aliphatic rings. The average Bonchev–Trinajstić information content (AvgIpc) is 3.61. The van der Waals surface area contributed by atoms with E-state index in [-0.39, 0.29) is 32.0 Å². The first-order valence-electron chi connectivity index (χ1n) is 34.2. The Hall–Kier alpha value is -3.59. The van der Waals surface area contributed by atoms with E-state index in [1.807, 2.05) is 21.1 Å². The Bertz CT molecular complexity index is 1830. The van der Waals surface area contributed by atoms with Crippen LogP contribution in [0.2, 0.25) is 0 Å². The summed E-state index contributed by atoms with van der Waals surface area (Å²) in [6.07, 6.45) is 91.3. The van der Waals surface area contributed by atoms with Gasteiger partial charge < -0.3 is 27.9 Å². The van der Waals surface area contributed by atoms with Crippen molar-refractivity contribution in [2.75, 3.05) is 47.5 Å². The minimum Gasteiger partial charge on any atom is -0.756 e. The molecule has 482 valence electrons. The molecule has 0 heterocycles. The number of quaternary nitrogens is 1. The normalized spacial score (nSPS) is 13.9. The van der Waals surface area contributed by atoms with E-state index in [9.17, 15) is 19.0 Å². The lowest BCUT2D eigenvalue weighted by molar-refractivity contribution is -0.870. The van der Waals surface area contributed by atoms with Crippen LogP contribution in [0.3, 0.4) is 0 Å². The number of phosphoric ester groups is 1. The fourth-order valence-corrected chi connectivity index (χ4v) is 10.0. The van der Waals surface area contributed by atoms with E-state index in [0.29, 0.717) is 17.4 Å². The Morgan fingerprint density at radius 3 is 0.952 bits per heavy atom. The van der Waals surface area contributed by atoms with Crippen molar-refractivity contribution in [3.63, 3.8) is 0 Å². The van der Waals surface area contributed by atoms with E-state index in [4.69, 9.17) is 18.5 Å². The molecule has 0 aromatic heterocycles. The Morgan fingerprint density at radius 2 is 0.643 bits per heavy atom. The van der Waals surface area contributed by atoms with E-state index >= 15 is 0 Å². The van der Waals surface area contributed by atoms with Gasteiger partial charge in [-0.2, -0.15) is 0 Å². The molecule has 2 unspecified atom stereocenters. The first kappa shape index (κ1) is 80.4. The topological polar surface area (TPSA) is 111 Å². The van der Waals surface area contributed by atoms with Gasteiger partial charge in [0.15, 0.2) is 6.10 Å². The molecule has 0 fully saturated rings. The standard InChI is InChI=1S/C74H128NO8P/c1-6-8-10-12-14-16-18-20-22-24-26-28-30-32-33-34-35-36-37-38-39-40-41-43-45-47-49-51-53-55-57-59-61-63-65-67-74(77)83-72(71-82-84(78,79)81-69-68-75(3,4)5)70-80-73(76)66-64-62-60-58-56-54-52-50-48-46-44-42-31-29-27-25-23-21-19-17-15-13-11-9-7-2/h8-11,14-17,20-23,26-29,32-33,35-36,72H,6-7,12-13,18-19,24-25,30-31,34,37-71H2,1-5H3/b10-8-,11-9-,16-14-,17-15-,22-20-,23-21-,28-26-,29-27-,33-32-,36-35-. The molecule has 9 nitrogen and oxygen atoms in total. The van der Waals surface area contributed by atoms with E-state index in [1.165, 1.54) is 148 Å². The van der Waals surface area contributed by atoms with E-state index in [1.54, 1.807) is 0 Å². The second-order valence-electron chi connectivity index (χ2n) is 23.8. The van der Waals surface area contributed by atoms with Crippen molar-refractivity contribution in [1.29, 1.82) is 0 Å². The molecule has 0 radical (unpaired) electrons. The Morgan fingerprint density at radius 1 is 0.369 bits per heavy atom. The predicted octanol–water partition coefficient (Wildman–Crippen LogP) is 21.6. The monoisotopic (exact) mass is 1190 g/mol. The Balaban J connectivity index is 4.05. The molecule has 0 aromatic carbocycles. The molecule has 0 rings (SSSR count). The lowest BCUT2D eigenvalue weighted by Gasteiger charge is -2.28. The fraction of sp³-hybridized carbons (Fsp3) is 0.703. The van der Waals surface area contributed by atoms with Crippen LogP contribution in [0.15, 0.2) is 122 Å². The second-order valence-corrected chi connectivity index (χ2v) is 25.2. The zero-order valence-corrected chi connectivity index (χ0v) is 55.7. The Labute approximate surface area is 518 Å². The number of hydrogen-bond acceptors (Lipinski definition) is 8. The number of ether oxygens (including phenoxy) is 2. The van der Waals surface area contributed by atoms with Crippen molar-refractivity contribution in [2.45, 2.75) is 290 Å². The van der Waals surface area contributed by atoms with E-state index in [0.717, 1.165) is 103 Å². The summed E-state index contributed by atoms with van der Waals surface area (Å²) in [6.45, 7) is 4.03. The molecule has 0 aliphatic heterocycles. The van der Waals surface area contributed by atoms with Gasteiger partial charge in [-0.25, -0.2) is 0 Å². The summed E-state index contributed by atoms with van der Waals surface area (Å²) in [6, 6.07) is 0. The van der Waals surface area contributed by atoms with Crippen LogP contribution < -0.4 is 4.89 Å². The van der Waals surface area contributed by atoms with Crippen LogP contribution >= 0.6 is 7.82 Å². The summed E-state index contributed by atoms with van der Waals surface area (Å²) >= 11 is 0. The number of phosphoric acid groups is 1. The van der Waals surface area contributed by atoms with Gasteiger partial charge in [0, 0.05) is 12.8 Å². The lowest BCUT2D eigenvalue weighted by Crippen LogP contribution is -2.37. The third kappa shape index (κ3) is 67.5. The molecular formula is C74H128NO8P. The molecule has 2 atom stereocenters. The van der Waals surface area contributed by atoms with Gasteiger partial charge in [-0.05, 0) is 103 Å². The van der Waals surface area contributed by atoms with Gasteiger partial charge in [-0.1, -0.05) is 289 Å². The summed E-state index contributed by atoms with van der Waals surface area (Å²) < 4.78 is 34.3. The zero-order valence-electron chi connectivity index (χ0n) is 54.8. The molecule has 0 aromatic rings. The molecule has 0 spiro atoms. The minimum absolute atomic E-state index is 0.0349. The third-order valence-electron chi connectivity index (χ3n) is 14.5. The van der Waals surface area contributed by atoms with Gasteiger partial charge in [-0.3, -0.25) is 14.2 Å². The number of allylic oxidation sites excluding steroid dienone is 20. The van der Waals surface area contributed by atoms with E-state index in [2.05, 4.69) is 135 Å². The number of carbonyl (C=O) groups excluding carboxylic acids is 2. The summed E-state index contributed by atoms with van der Waals surface area (Å²) in [5, 5.41) is 0. The molecule has 0 amide bonds. The second kappa shape index (κ2) is 63.9. The highest BCUT2D eigenvalue weighted by atomic mass is 31.2. The predicted molar refractivity (Wildman–Crippen MR) is 360 cm³/mol. The zero-order chi connectivity index (χ0) is 61.2. The van der Waals surface area contributed by atoms with Crippen LogP contribution in [0.5, 0.6) is 0 Å². The number of carbonyl (C=O) groups is 2. The maximum atomic E-state index is 12.9. The van der Waals surface area contributed by atoms with Crippen molar-refractivity contribution in [3.05, 3.63) is 122 Å². The molecule has 84 heavy (non-hydrogen) atoms. The van der Waals surface area contributed by atoms with Crippen LogP contribution in [-0.2, 0) is 32.7 Å². The molecule has 0 saturated carbocycles. The third-order valence-corrected chi connectivity index (χ3v) is 15.4.